The number of esters is 1. The highest BCUT2D eigenvalue weighted by Crippen LogP contribution is 2.62. The summed E-state index contributed by atoms with van der Waals surface area (Å²) in [6, 6.07) is 0. The van der Waals surface area contributed by atoms with Crippen LogP contribution in [0.4, 0.5) is 0 Å². The van der Waals surface area contributed by atoms with Gasteiger partial charge in [0.05, 0.1) is 12.2 Å². The number of hydrogen-bond acceptors (Lipinski definition) is 3. The van der Waals surface area contributed by atoms with Crippen LogP contribution in [-0.2, 0) is 9.53 Å². The monoisotopic (exact) mass is 348 g/mol. The van der Waals surface area contributed by atoms with Crippen molar-refractivity contribution in [3.8, 4) is 0 Å². The third-order valence-electron chi connectivity index (χ3n) is 7.13. The first-order valence-electron chi connectivity index (χ1n) is 9.71. The number of fused-ring (bicyclic) bond motifs is 1. The topological polar surface area (TPSA) is 46.5 Å². The third kappa shape index (κ3) is 4.19. The molecule has 2 aliphatic carbocycles. The van der Waals surface area contributed by atoms with Gasteiger partial charge in [0.2, 0.25) is 0 Å². The van der Waals surface area contributed by atoms with Gasteiger partial charge in [-0.05, 0) is 62.7 Å². The lowest BCUT2D eigenvalue weighted by Crippen LogP contribution is -2.52. The Labute approximate surface area is 153 Å². The largest absolute Gasteiger partial charge is 0.465 e. The SMILES string of the molecule is C=C[C@](C)(O)CC[C@H]1C(=C)CC[C@H]2[C@](C)(COC(C)=O)CCC[C@]12C. The first-order valence-corrected chi connectivity index (χ1v) is 9.71. The quantitative estimate of drug-likeness (QED) is 0.540. The van der Waals surface area contributed by atoms with Crippen LogP contribution in [0.25, 0.3) is 0 Å². The van der Waals surface area contributed by atoms with Crippen molar-refractivity contribution < 1.29 is 14.6 Å². The van der Waals surface area contributed by atoms with Gasteiger partial charge in [-0.25, -0.2) is 0 Å². The summed E-state index contributed by atoms with van der Waals surface area (Å²) in [7, 11) is 0. The summed E-state index contributed by atoms with van der Waals surface area (Å²) in [4.78, 5) is 11.4. The molecule has 0 aromatic heterocycles. The molecule has 0 aliphatic heterocycles. The molecular formula is C22H36O3. The Kier molecular flexibility index (Phi) is 5.88. The maximum Gasteiger partial charge on any atom is 0.302 e. The van der Waals surface area contributed by atoms with Crippen molar-refractivity contribution in [3.63, 3.8) is 0 Å². The summed E-state index contributed by atoms with van der Waals surface area (Å²) in [5.74, 6) is 0.749. The lowest BCUT2D eigenvalue weighted by molar-refractivity contribution is -0.152. The smallest absolute Gasteiger partial charge is 0.302 e. The van der Waals surface area contributed by atoms with Crippen LogP contribution in [0.15, 0.2) is 24.8 Å². The average Bonchev–Trinajstić information content (AvgIpc) is 2.52. The van der Waals surface area contributed by atoms with E-state index in [-0.39, 0.29) is 16.8 Å². The fourth-order valence-electron chi connectivity index (χ4n) is 5.59. The zero-order valence-electron chi connectivity index (χ0n) is 16.6. The zero-order chi connectivity index (χ0) is 18.9. The minimum atomic E-state index is -0.820. The van der Waals surface area contributed by atoms with Crippen molar-refractivity contribution in [2.24, 2.45) is 22.7 Å². The predicted molar refractivity (Wildman–Crippen MR) is 102 cm³/mol. The molecule has 0 unspecified atom stereocenters. The maximum atomic E-state index is 11.4. The van der Waals surface area contributed by atoms with E-state index in [2.05, 4.69) is 27.0 Å². The molecule has 0 saturated heterocycles. The molecule has 3 nitrogen and oxygen atoms in total. The predicted octanol–water partition coefficient (Wildman–Crippen LogP) is 5.05. The Morgan fingerprint density at radius 2 is 2.12 bits per heavy atom. The van der Waals surface area contributed by atoms with Crippen LogP contribution in [0.5, 0.6) is 0 Å². The molecule has 0 heterocycles. The second-order valence-corrected chi connectivity index (χ2v) is 9.20. The fourth-order valence-corrected chi connectivity index (χ4v) is 5.59. The number of allylic oxidation sites excluding steroid dienone is 1. The highest BCUT2D eigenvalue weighted by molar-refractivity contribution is 5.65. The van der Waals surface area contributed by atoms with Crippen molar-refractivity contribution >= 4 is 5.97 Å². The van der Waals surface area contributed by atoms with Gasteiger partial charge in [0.1, 0.15) is 0 Å². The van der Waals surface area contributed by atoms with E-state index < -0.39 is 5.60 Å². The van der Waals surface area contributed by atoms with Gasteiger partial charge in [0, 0.05) is 12.3 Å². The summed E-state index contributed by atoms with van der Waals surface area (Å²) in [6.07, 6.45) is 8.92. The van der Waals surface area contributed by atoms with E-state index in [0.717, 1.165) is 32.1 Å². The number of carbonyl (C=O) groups excluding carboxylic acids is 1. The van der Waals surface area contributed by atoms with Gasteiger partial charge in [0.15, 0.2) is 0 Å². The molecule has 0 bridgehead atoms. The molecule has 0 spiro atoms. The van der Waals surface area contributed by atoms with E-state index in [1.54, 1.807) is 6.08 Å². The molecule has 0 amide bonds. The van der Waals surface area contributed by atoms with E-state index in [1.165, 1.54) is 18.9 Å². The van der Waals surface area contributed by atoms with Crippen LogP contribution in [-0.4, -0.2) is 23.3 Å². The maximum absolute atomic E-state index is 11.4. The van der Waals surface area contributed by atoms with E-state index in [9.17, 15) is 9.90 Å². The van der Waals surface area contributed by atoms with E-state index >= 15 is 0 Å². The normalized spacial score (nSPS) is 37.7. The Bertz CT molecular complexity index is 535. The molecule has 0 aromatic carbocycles. The Hall–Kier alpha value is -1.09. The minimum absolute atomic E-state index is 0.0403. The highest BCUT2D eigenvalue weighted by atomic mass is 16.5. The van der Waals surface area contributed by atoms with Crippen LogP contribution in [0.2, 0.25) is 0 Å². The van der Waals surface area contributed by atoms with Crippen LogP contribution < -0.4 is 0 Å². The van der Waals surface area contributed by atoms with Crippen LogP contribution in [0, 0.1) is 22.7 Å². The van der Waals surface area contributed by atoms with Crippen molar-refractivity contribution in [2.45, 2.75) is 78.2 Å². The van der Waals surface area contributed by atoms with Crippen LogP contribution in [0.3, 0.4) is 0 Å². The van der Waals surface area contributed by atoms with Gasteiger partial charge in [-0.15, -0.1) is 6.58 Å². The summed E-state index contributed by atoms with van der Waals surface area (Å²) in [5, 5.41) is 10.4. The number of rotatable bonds is 6. The first kappa shape index (κ1) is 20.2. The van der Waals surface area contributed by atoms with E-state index in [0.29, 0.717) is 24.9 Å². The summed E-state index contributed by atoms with van der Waals surface area (Å²) in [5.41, 5.74) is 0.716. The molecule has 2 rings (SSSR count). The van der Waals surface area contributed by atoms with Gasteiger partial charge in [-0.1, -0.05) is 38.5 Å². The molecule has 5 atom stereocenters. The molecule has 142 valence electrons. The van der Waals surface area contributed by atoms with Gasteiger partial charge >= 0.3 is 5.97 Å². The lowest BCUT2D eigenvalue weighted by atomic mass is 9.46. The molecular weight excluding hydrogens is 312 g/mol. The molecule has 2 fully saturated rings. The first-order chi connectivity index (χ1) is 11.5. The van der Waals surface area contributed by atoms with Crippen LogP contribution >= 0.6 is 0 Å². The second-order valence-electron chi connectivity index (χ2n) is 9.20. The molecule has 25 heavy (non-hydrogen) atoms. The summed E-state index contributed by atoms with van der Waals surface area (Å²) >= 11 is 0. The fraction of sp³-hybridized carbons (Fsp3) is 0.773. The number of aliphatic hydroxyl groups is 1. The molecule has 0 aromatic rings. The highest BCUT2D eigenvalue weighted by Gasteiger charge is 2.54. The molecule has 2 aliphatic rings. The number of ether oxygens (including phenoxy) is 1. The van der Waals surface area contributed by atoms with Gasteiger partial charge in [-0.3, -0.25) is 4.79 Å². The average molecular weight is 349 g/mol. The van der Waals surface area contributed by atoms with Gasteiger partial charge in [0.25, 0.3) is 0 Å². The van der Waals surface area contributed by atoms with Crippen molar-refractivity contribution in [1.29, 1.82) is 0 Å². The van der Waals surface area contributed by atoms with E-state index in [4.69, 9.17) is 4.74 Å². The second kappa shape index (κ2) is 7.26. The lowest BCUT2D eigenvalue weighted by Gasteiger charge is -2.58. The Morgan fingerprint density at radius 1 is 1.44 bits per heavy atom. The van der Waals surface area contributed by atoms with Gasteiger partial charge in [-0.2, -0.15) is 0 Å². The van der Waals surface area contributed by atoms with Crippen molar-refractivity contribution in [2.75, 3.05) is 6.61 Å². The Balaban J connectivity index is 2.23. The molecule has 2 saturated carbocycles. The van der Waals surface area contributed by atoms with Crippen molar-refractivity contribution in [1.82, 2.24) is 0 Å². The summed E-state index contributed by atoms with van der Waals surface area (Å²) < 4.78 is 5.46. The number of hydrogen-bond donors (Lipinski definition) is 1. The molecule has 3 heteroatoms. The zero-order valence-corrected chi connectivity index (χ0v) is 16.6. The third-order valence-corrected chi connectivity index (χ3v) is 7.13. The van der Waals surface area contributed by atoms with E-state index in [1.807, 2.05) is 6.92 Å². The molecule has 1 N–H and O–H groups in total. The standard InChI is InChI=1S/C22H36O3/c1-7-21(5,24)14-11-18-16(2)9-10-19-20(4,15-25-17(3)23)12-8-13-22(18,19)6/h7,18-19,24H,1-2,8-15H2,3-6H3/t18-,19-,20-,21-,22+/m0/s1. The number of carbonyl (C=O) groups is 1. The Morgan fingerprint density at radius 3 is 2.72 bits per heavy atom. The van der Waals surface area contributed by atoms with Crippen molar-refractivity contribution in [3.05, 3.63) is 24.8 Å². The van der Waals surface area contributed by atoms with Gasteiger partial charge < -0.3 is 9.84 Å². The summed E-state index contributed by atoms with van der Waals surface area (Å²) in [6.45, 7) is 16.7. The molecule has 0 radical (unpaired) electrons. The minimum Gasteiger partial charge on any atom is -0.465 e. The van der Waals surface area contributed by atoms with Crippen LogP contribution in [0.1, 0.15) is 72.6 Å².